The van der Waals surface area contributed by atoms with Crippen molar-refractivity contribution < 1.29 is 4.79 Å². The molecule has 1 amide bonds. The molecule has 25 heavy (non-hydrogen) atoms. The van der Waals surface area contributed by atoms with Crippen LogP contribution in [-0.2, 0) is 17.6 Å². The monoisotopic (exact) mass is 343 g/mol. The normalized spacial score (nSPS) is 24.4. The number of amides is 1. The molecule has 1 saturated heterocycles. The molecule has 0 aromatic heterocycles. The molecule has 2 atom stereocenters. The van der Waals surface area contributed by atoms with E-state index in [4.69, 9.17) is 5.73 Å². The van der Waals surface area contributed by atoms with Crippen LogP contribution in [0.2, 0.25) is 0 Å². The van der Waals surface area contributed by atoms with Crippen LogP contribution < -0.4 is 11.1 Å². The second-order valence-corrected chi connectivity index (χ2v) is 8.62. The smallest absolute Gasteiger partial charge is 0.234 e. The predicted molar refractivity (Wildman–Crippen MR) is 102 cm³/mol. The fraction of sp³-hybridized carbons (Fsp3) is 0.667. The summed E-state index contributed by atoms with van der Waals surface area (Å²) in [4.78, 5) is 14.7. The number of aryl methyl sites for hydroxylation is 2. The van der Waals surface area contributed by atoms with Gasteiger partial charge in [0, 0.05) is 19.1 Å². The lowest BCUT2D eigenvalue weighted by atomic mass is 9.80. The first kappa shape index (κ1) is 18.4. The van der Waals surface area contributed by atoms with Crippen molar-refractivity contribution in [2.24, 2.45) is 11.1 Å². The van der Waals surface area contributed by atoms with Gasteiger partial charge in [-0.1, -0.05) is 32.0 Å². The van der Waals surface area contributed by atoms with Crippen molar-refractivity contribution in [2.75, 3.05) is 19.6 Å². The summed E-state index contributed by atoms with van der Waals surface area (Å²) in [5.41, 5.74) is 10.4. The summed E-state index contributed by atoms with van der Waals surface area (Å²) in [5.74, 6) is 0.108. The average Bonchev–Trinajstić information content (AvgIpc) is 2.57. The van der Waals surface area contributed by atoms with Gasteiger partial charge in [0.2, 0.25) is 5.91 Å². The third-order valence-corrected chi connectivity index (χ3v) is 6.01. The zero-order chi connectivity index (χ0) is 18.0. The molecule has 4 heteroatoms. The van der Waals surface area contributed by atoms with E-state index in [1.54, 1.807) is 0 Å². The molecule has 1 aromatic carbocycles. The van der Waals surface area contributed by atoms with Gasteiger partial charge in [-0.25, -0.2) is 0 Å². The average molecular weight is 344 g/mol. The number of hydrogen-bond acceptors (Lipinski definition) is 3. The lowest BCUT2D eigenvalue weighted by Gasteiger charge is -2.42. The second kappa shape index (κ2) is 7.46. The minimum absolute atomic E-state index is 0.0554. The van der Waals surface area contributed by atoms with Crippen molar-refractivity contribution in [2.45, 2.75) is 65.0 Å². The van der Waals surface area contributed by atoms with Crippen molar-refractivity contribution in [3.8, 4) is 0 Å². The molecule has 2 aliphatic rings. The first-order valence-electron chi connectivity index (χ1n) is 9.74. The largest absolute Gasteiger partial charge is 0.348 e. The molecular formula is C21H33N3O. The molecule has 4 nitrogen and oxygen atoms in total. The van der Waals surface area contributed by atoms with E-state index in [0.29, 0.717) is 6.54 Å². The van der Waals surface area contributed by atoms with E-state index in [-0.39, 0.29) is 23.4 Å². The van der Waals surface area contributed by atoms with E-state index in [1.165, 1.54) is 42.4 Å². The van der Waals surface area contributed by atoms with Crippen LogP contribution in [0.3, 0.4) is 0 Å². The summed E-state index contributed by atoms with van der Waals surface area (Å²) >= 11 is 0. The Hall–Kier alpha value is -1.39. The van der Waals surface area contributed by atoms with Gasteiger partial charge in [0.15, 0.2) is 0 Å². The number of nitrogens with two attached hydrogens (primary N) is 1. The van der Waals surface area contributed by atoms with E-state index in [2.05, 4.69) is 49.2 Å². The van der Waals surface area contributed by atoms with Crippen LogP contribution in [0.15, 0.2) is 18.2 Å². The SMILES string of the molecule is CC(NC(=O)CN1CCC(N)C(C)(C)C1)c1ccc2c(c1)CCCC2. The van der Waals surface area contributed by atoms with E-state index >= 15 is 0 Å². The number of rotatable bonds is 4. The molecule has 138 valence electrons. The highest BCUT2D eigenvalue weighted by molar-refractivity contribution is 5.78. The van der Waals surface area contributed by atoms with E-state index in [9.17, 15) is 4.79 Å². The Morgan fingerprint density at radius 1 is 1.32 bits per heavy atom. The molecule has 0 bridgehead atoms. The zero-order valence-electron chi connectivity index (χ0n) is 16.0. The molecule has 1 aromatic rings. The van der Waals surface area contributed by atoms with Crippen LogP contribution in [0.4, 0.5) is 0 Å². The molecule has 3 N–H and O–H groups in total. The fourth-order valence-electron chi connectivity index (χ4n) is 4.22. The molecule has 0 spiro atoms. The minimum Gasteiger partial charge on any atom is -0.348 e. The van der Waals surface area contributed by atoms with Gasteiger partial charge in [0.1, 0.15) is 0 Å². The Morgan fingerprint density at radius 2 is 2.04 bits per heavy atom. The Balaban J connectivity index is 1.56. The number of carbonyl (C=O) groups excluding carboxylic acids is 1. The van der Waals surface area contributed by atoms with Crippen LogP contribution in [0.25, 0.3) is 0 Å². The molecule has 2 unspecified atom stereocenters. The summed E-state index contributed by atoms with van der Waals surface area (Å²) in [6.07, 6.45) is 5.91. The lowest BCUT2D eigenvalue weighted by molar-refractivity contribution is -0.123. The molecule has 0 radical (unpaired) electrons. The van der Waals surface area contributed by atoms with E-state index in [1.807, 2.05) is 0 Å². The van der Waals surface area contributed by atoms with Gasteiger partial charge in [0.25, 0.3) is 0 Å². The Bertz CT molecular complexity index is 626. The van der Waals surface area contributed by atoms with Crippen LogP contribution in [-0.4, -0.2) is 36.5 Å². The van der Waals surface area contributed by atoms with Crippen molar-refractivity contribution in [1.82, 2.24) is 10.2 Å². The highest BCUT2D eigenvalue weighted by Crippen LogP contribution is 2.28. The topological polar surface area (TPSA) is 58.4 Å². The van der Waals surface area contributed by atoms with Crippen LogP contribution in [0.1, 0.15) is 62.8 Å². The number of nitrogens with zero attached hydrogens (tertiary/aromatic N) is 1. The zero-order valence-corrected chi connectivity index (χ0v) is 16.0. The predicted octanol–water partition coefficient (Wildman–Crippen LogP) is 2.80. The molecule has 1 aliphatic heterocycles. The number of piperidine rings is 1. The molecule has 1 aliphatic carbocycles. The van der Waals surface area contributed by atoms with Gasteiger partial charge in [-0.3, -0.25) is 9.69 Å². The van der Waals surface area contributed by atoms with E-state index < -0.39 is 0 Å². The number of hydrogen-bond donors (Lipinski definition) is 2. The standard InChI is InChI=1S/C21H33N3O/c1-15(17-9-8-16-6-4-5-7-18(16)12-17)23-20(25)13-24-11-10-19(22)21(2,3)14-24/h8-9,12,15,19H,4-7,10-11,13-14,22H2,1-3H3,(H,23,25). The molecule has 1 fully saturated rings. The summed E-state index contributed by atoms with van der Waals surface area (Å²) in [5, 5.41) is 3.18. The van der Waals surface area contributed by atoms with Crippen LogP contribution in [0, 0.1) is 5.41 Å². The summed E-state index contributed by atoms with van der Waals surface area (Å²) in [6, 6.07) is 7.00. The third kappa shape index (κ3) is 4.42. The van der Waals surface area contributed by atoms with Gasteiger partial charge >= 0.3 is 0 Å². The number of nitrogens with one attached hydrogen (secondary N) is 1. The third-order valence-electron chi connectivity index (χ3n) is 6.01. The molecule has 1 heterocycles. The molecule has 3 rings (SSSR count). The van der Waals surface area contributed by atoms with Gasteiger partial charge in [-0.15, -0.1) is 0 Å². The van der Waals surface area contributed by atoms with E-state index in [0.717, 1.165) is 19.5 Å². The minimum atomic E-state index is 0.0554. The van der Waals surface area contributed by atoms with Gasteiger partial charge < -0.3 is 11.1 Å². The summed E-state index contributed by atoms with van der Waals surface area (Å²) in [7, 11) is 0. The quantitative estimate of drug-likeness (QED) is 0.884. The van der Waals surface area contributed by atoms with Gasteiger partial charge in [0.05, 0.1) is 12.6 Å². The second-order valence-electron chi connectivity index (χ2n) is 8.62. The van der Waals surface area contributed by atoms with Crippen molar-refractivity contribution >= 4 is 5.91 Å². The maximum absolute atomic E-state index is 12.5. The number of benzene rings is 1. The van der Waals surface area contributed by atoms with Crippen LogP contribution >= 0.6 is 0 Å². The Morgan fingerprint density at radius 3 is 2.76 bits per heavy atom. The van der Waals surface area contributed by atoms with Crippen molar-refractivity contribution in [1.29, 1.82) is 0 Å². The number of fused-ring (bicyclic) bond motifs is 1. The fourth-order valence-corrected chi connectivity index (χ4v) is 4.22. The molecule has 0 saturated carbocycles. The van der Waals surface area contributed by atoms with Crippen molar-refractivity contribution in [3.63, 3.8) is 0 Å². The number of carbonyl (C=O) groups is 1. The number of likely N-dealkylation sites (tertiary alicyclic amines) is 1. The molecular weight excluding hydrogens is 310 g/mol. The Kier molecular flexibility index (Phi) is 5.49. The Labute approximate surface area is 152 Å². The first-order valence-corrected chi connectivity index (χ1v) is 9.74. The lowest BCUT2D eigenvalue weighted by Crippen LogP contribution is -2.54. The summed E-state index contributed by atoms with van der Waals surface area (Å²) in [6.45, 7) is 8.72. The highest BCUT2D eigenvalue weighted by atomic mass is 16.2. The first-order chi connectivity index (χ1) is 11.8. The van der Waals surface area contributed by atoms with Crippen LogP contribution in [0.5, 0.6) is 0 Å². The highest BCUT2D eigenvalue weighted by Gasteiger charge is 2.34. The van der Waals surface area contributed by atoms with Gasteiger partial charge in [-0.2, -0.15) is 0 Å². The maximum atomic E-state index is 12.5. The van der Waals surface area contributed by atoms with Crippen molar-refractivity contribution in [3.05, 3.63) is 34.9 Å². The van der Waals surface area contributed by atoms with Gasteiger partial charge in [-0.05, 0) is 61.1 Å². The maximum Gasteiger partial charge on any atom is 0.234 e. The summed E-state index contributed by atoms with van der Waals surface area (Å²) < 4.78 is 0.